The molecule has 0 unspecified atom stereocenters. The molecule has 1 saturated heterocycles. The van der Waals surface area contributed by atoms with E-state index in [4.69, 9.17) is 4.74 Å². The Morgan fingerprint density at radius 3 is 2.62 bits per heavy atom. The first-order valence-electron chi connectivity index (χ1n) is 7.73. The maximum absolute atomic E-state index is 5.45. The molecule has 0 saturated carbocycles. The SMILES string of the molecule is CC(C)(C)c1c(CN2CCOCC2)ccc2cccnc12. The van der Waals surface area contributed by atoms with E-state index < -0.39 is 0 Å². The van der Waals surface area contributed by atoms with E-state index in [9.17, 15) is 0 Å². The highest BCUT2D eigenvalue weighted by Crippen LogP contribution is 2.32. The summed E-state index contributed by atoms with van der Waals surface area (Å²) in [6.45, 7) is 11.5. The van der Waals surface area contributed by atoms with Gasteiger partial charge in [0.2, 0.25) is 0 Å². The summed E-state index contributed by atoms with van der Waals surface area (Å²) < 4.78 is 5.45. The fourth-order valence-electron chi connectivity index (χ4n) is 3.16. The van der Waals surface area contributed by atoms with E-state index in [1.54, 1.807) is 0 Å². The maximum atomic E-state index is 5.45. The van der Waals surface area contributed by atoms with Crippen molar-refractivity contribution in [2.24, 2.45) is 0 Å². The van der Waals surface area contributed by atoms with Crippen LogP contribution in [-0.2, 0) is 16.7 Å². The van der Waals surface area contributed by atoms with Gasteiger partial charge in [-0.15, -0.1) is 0 Å². The summed E-state index contributed by atoms with van der Waals surface area (Å²) in [7, 11) is 0. The van der Waals surface area contributed by atoms with Crippen LogP contribution in [0.1, 0.15) is 31.9 Å². The average Bonchev–Trinajstić information content (AvgIpc) is 2.47. The van der Waals surface area contributed by atoms with Crippen molar-refractivity contribution in [1.29, 1.82) is 0 Å². The Kier molecular flexibility index (Phi) is 3.96. The Hall–Kier alpha value is -1.45. The molecule has 112 valence electrons. The summed E-state index contributed by atoms with van der Waals surface area (Å²) in [6.07, 6.45) is 1.90. The average molecular weight is 284 g/mol. The van der Waals surface area contributed by atoms with Crippen LogP contribution in [0.3, 0.4) is 0 Å². The Morgan fingerprint density at radius 2 is 1.90 bits per heavy atom. The van der Waals surface area contributed by atoms with Gasteiger partial charge in [-0.05, 0) is 22.6 Å². The maximum Gasteiger partial charge on any atom is 0.0742 e. The van der Waals surface area contributed by atoms with Gasteiger partial charge in [0.25, 0.3) is 0 Å². The van der Waals surface area contributed by atoms with Crippen LogP contribution >= 0.6 is 0 Å². The second-order valence-corrected chi connectivity index (χ2v) is 6.81. The van der Waals surface area contributed by atoms with Crippen LogP contribution in [-0.4, -0.2) is 36.2 Å². The molecule has 0 spiro atoms. The fraction of sp³-hybridized carbons (Fsp3) is 0.500. The number of morpholine rings is 1. The van der Waals surface area contributed by atoms with Gasteiger partial charge in [0.1, 0.15) is 0 Å². The number of rotatable bonds is 2. The standard InChI is InChI=1S/C18H24N2O/c1-18(2,3)16-15(13-20-9-11-21-12-10-20)7-6-14-5-4-8-19-17(14)16/h4-8H,9-13H2,1-3H3. The van der Waals surface area contributed by atoms with Crippen LogP contribution in [0, 0.1) is 0 Å². The number of fused-ring (bicyclic) bond motifs is 1. The molecule has 3 rings (SSSR count). The molecule has 21 heavy (non-hydrogen) atoms. The summed E-state index contributed by atoms with van der Waals surface area (Å²) in [5.74, 6) is 0. The molecular formula is C18H24N2O. The lowest BCUT2D eigenvalue weighted by Gasteiger charge is -2.30. The molecule has 0 atom stereocenters. The predicted molar refractivity (Wildman–Crippen MR) is 86.5 cm³/mol. The Bertz CT molecular complexity index is 625. The second kappa shape index (κ2) is 5.74. The summed E-state index contributed by atoms with van der Waals surface area (Å²) >= 11 is 0. The number of hydrogen-bond donors (Lipinski definition) is 0. The fourth-order valence-corrected chi connectivity index (χ4v) is 3.16. The molecule has 0 N–H and O–H groups in total. The Morgan fingerprint density at radius 1 is 1.14 bits per heavy atom. The van der Waals surface area contributed by atoms with Crippen molar-refractivity contribution in [3.05, 3.63) is 41.6 Å². The lowest BCUT2D eigenvalue weighted by molar-refractivity contribution is 0.0340. The highest BCUT2D eigenvalue weighted by atomic mass is 16.5. The van der Waals surface area contributed by atoms with Gasteiger partial charge in [0, 0.05) is 31.2 Å². The number of ether oxygens (including phenoxy) is 1. The lowest BCUT2D eigenvalue weighted by atomic mass is 9.82. The topological polar surface area (TPSA) is 25.4 Å². The van der Waals surface area contributed by atoms with Crippen LogP contribution in [0.15, 0.2) is 30.5 Å². The molecule has 0 radical (unpaired) electrons. The number of benzene rings is 1. The van der Waals surface area contributed by atoms with Crippen molar-refractivity contribution >= 4 is 10.9 Å². The number of pyridine rings is 1. The number of nitrogens with zero attached hydrogens (tertiary/aromatic N) is 2. The van der Waals surface area contributed by atoms with Crippen LogP contribution in [0.5, 0.6) is 0 Å². The molecule has 0 aliphatic carbocycles. The monoisotopic (exact) mass is 284 g/mol. The van der Waals surface area contributed by atoms with E-state index in [1.807, 2.05) is 12.3 Å². The van der Waals surface area contributed by atoms with Crippen LogP contribution < -0.4 is 0 Å². The molecule has 0 amide bonds. The molecule has 1 aliphatic heterocycles. The minimum absolute atomic E-state index is 0.0927. The molecule has 1 aromatic heterocycles. The first-order chi connectivity index (χ1) is 10.1. The zero-order valence-corrected chi connectivity index (χ0v) is 13.2. The molecule has 1 aliphatic rings. The van der Waals surface area contributed by atoms with Crippen molar-refractivity contribution in [1.82, 2.24) is 9.88 Å². The molecule has 1 fully saturated rings. The molecule has 1 aromatic carbocycles. The van der Waals surface area contributed by atoms with Gasteiger partial charge in [-0.1, -0.05) is 39.0 Å². The van der Waals surface area contributed by atoms with Crippen LogP contribution in [0.2, 0.25) is 0 Å². The number of hydrogen-bond acceptors (Lipinski definition) is 3. The zero-order chi connectivity index (χ0) is 14.9. The normalized spacial score (nSPS) is 17.3. The van der Waals surface area contributed by atoms with Crippen molar-refractivity contribution < 1.29 is 4.74 Å². The van der Waals surface area contributed by atoms with Crippen molar-refractivity contribution in [2.75, 3.05) is 26.3 Å². The second-order valence-electron chi connectivity index (χ2n) is 6.81. The van der Waals surface area contributed by atoms with Gasteiger partial charge < -0.3 is 4.74 Å². The first kappa shape index (κ1) is 14.5. The highest BCUT2D eigenvalue weighted by Gasteiger charge is 2.23. The van der Waals surface area contributed by atoms with Crippen molar-refractivity contribution in [2.45, 2.75) is 32.7 Å². The minimum Gasteiger partial charge on any atom is -0.379 e. The molecule has 3 nitrogen and oxygen atoms in total. The third-order valence-corrected chi connectivity index (χ3v) is 4.11. The van der Waals surface area contributed by atoms with Crippen molar-refractivity contribution in [3.8, 4) is 0 Å². The van der Waals surface area contributed by atoms with Gasteiger partial charge in [-0.2, -0.15) is 0 Å². The van der Waals surface area contributed by atoms with E-state index in [0.717, 1.165) is 38.4 Å². The largest absolute Gasteiger partial charge is 0.379 e. The lowest BCUT2D eigenvalue weighted by Crippen LogP contribution is -2.36. The van der Waals surface area contributed by atoms with E-state index >= 15 is 0 Å². The smallest absolute Gasteiger partial charge is 0.0742 e. The zero-order valence-electron chi connectivity index (χ0n) is 13.2. The van der Waals surface area contributed by atoms with E-state index in [-0.39, 0.29) is 5.41 Å². The molecule has 0 bridgehead atoms. The quantitative estimate of drug-likeness (QED) is 0.845. The molecule has 2 aromatic rings. The van der Waals surface area contributed by atoms with Crippen LogP contribution in [0.25, 0.3) is 10.9 Å². The summed E-state index contributed by atoms with van der Waals surface area (Å²) in [5.41, 5.74) is 4.02. The van der Waals surface area contributed by atoms with Gasteiger partial charge in [-0.3, -0.25) is 9.88 Å². The third-order valence-electron chi connectivity index (χ3n) is 4.11. The molecule has 2 heterocycles. The van der Waals surface area contributed by atoms with Crippen LogP contribution in [0.4, 0.5) is 0 Å². The van der Waals surface area contributed by atoms with Gasteiger partial charge in [-0.25, -0.2) is 0 Å². The van der Waals surface area contributed by atoms with E-state index in [1.165, 1.54) is 16.5 Å². The first-order valence-corrected chi connectivity index (χ1v) is 7.73. The minimum atomic E-state index is 0.0927. The highest BCUT2D eigenvalue weighted by molar-refractivity contribution is 5.83. The number of aromatic nitrogens is 1. The summed E-state index contributed by atoms with van der Waals surface area (Å²) in [6, 6.07) is 8.64. The summed E-state index contributed by atoms with van der Waals surface area (Å²) in [5, 5.41) is 1.23. The van der Waals surface area contributed by atoms with Gasteiger partial charge in [0.05, 0.1) is 18.7 Å². The van der Waals surface area contributed by atoms with E-state index in [0.29, 0.717) is 0 Å². The third kappa shape index (κ3) is 3.09. The van der Waals surface area contributed by atoms with Gasteiger partial charge in [0.15, 0.2) is 0 Å². The molecular weight excluding hydrogens is 260 g/mol. The summed E-state index contributed by atoms with van der Waals surface area (Å²) in [4.78, 5) is 7.13. The predicted octanol–water partition coefficient (Wildman–Crippen LogP) is 3.36. The molecule has 3 heteroatoms. The van der Waals surface area contributed by atoms with E-state index in [2.05, 4.69) is 48.9 Å². The Labute approximate surface area is 126 Å². The van der Waals surface area contributed by atoms with Crippen molar-refractivity contribution in [3.63, 3.8) is 0 Å². The Balaban J connectivity index is 2.04. The van der Waals surface area contributed by atoms with Gasteiger partial charge >= 0.3 is 0 Å².